The first-order valence-electron chi connectivity index (χ1n) is 9.39. The molecule has 2 nitrogen and oxygen atoms in total. The largest absolute Gasteiger partial charge is 2.00 e. The molecule has 0 saturated heterocycles. The summed E-state index contributed by atoms with van der Waals surface area (Å²) < 4.78 is 9.31. The number of hydrogen-bond acceptors (Lipinski definition) is 2. The van der Waals surface area contributed by atoms with Gasteiger partial charge in [-0.1, -0.05) is 69.2 Å². The first-order chi connectivity index (χ1) is 12.0. The van der Waals surface area contributed by atoms with E-state index < -0.39 is 0 Å². The summed E-state index contributed by atoms with van der Waals surface area (Å²) in [6.07, 6.45) is 0. The Balaban J connectivity index is 0. The molecule has 0 fully saturated rings. The molecule has 0 heterocycles. The van der Waals surface area contributed by atoms with Crippen molar-refractivity contribution in [1.29, 1.82) is 0 Å². The van der Waals surface area contributed by atoms with E-state index in [-0.39, 0.29) is 48.9 Å². The molecule has 27 heavy (non-hydrogen) atoms. The van der Waals surface area contributed by atoms with E-state index in [4.69, 9.17) is 0 Å². The minimum atomic E-state index is 0. The van der Waals surface area contributed by atoms with Crippen molar-refractivity contribution in [3.8, 4) is 0 Å². The average molecular weight is 498 g/mol. The summed E-state index contributed by atoms with van der Waals surface area (Å²) in [6.45, 7) is 23.4. The Bertz CT molecular complexity index is 469. The molecule has 150 valence electrons. The fraction of sp³-hybridized carbons (Fsp3) is 0.583. The van der Waals surface area contributed by atoms with Crippen LogP contribution in [0.4, 0.5) is 0 Å². The molecule has 0 unspecified atom stereocenters. The van der Waals surface area contributed by atoms with Crippen molar-refractivity contribution in [2.75, 3.05) is 27.4 Å². The molecule has 0 amide bonds. The molecule has 0 radical (unpaired) electrons. The minimum Gasteiger partial charge on any atom is -0.382 e. The molecule has 0 bridgehead atoms. The van der Waals surface area contributed by atoms with E-state index in [1.807, 2.05) is 0 Å². The van der Waals surface area contributed by atoms with Gasteiger partial charge in [0, 0.05) is 14.2 Å². The monoisotopic (exact) mass is 498 g/mol. The maximum absolute atomic E-state index is 4.66. The SMILES string of the molecule is COCCOC.Cc1c(C)c(C)[c-](C)c1C.Cc1c(C)c(C)[c-](C)c1C.[Ba+2]. The van der Waals surface area contributed by atoms with Crippen LogP contribution in [0.3, 0.4) is 0 Å². The van der Waals surface area contributed by atoms with Gasteiger partial charge in [-0.2, -0.15) is 55.6 Å². The first-order valence-corrected chi connectivity index (χ1v) is 9.39. The van der Waals surface area contributed by atoms with Crippen LogP contribution in [0.25, 0.3) is 0 Å². The van der Waals surface area contributed by atoms with Gasteiger partial charge < -0.3 is 9.47 Å². The second-order valence-corrected chi connectivity index (χ2v) is 7.24. The van der Waals surface area contributed by atoms with Gasteiger partial charge in [-0.05, 0) is 0 Å². The normalized spacial score (nSPS) is 9.78. The zero-order valence-corrected chi connectivity index (χ0v) is 24.4. The quantitative estimate of drug-likeness (QED) is 0.303. The molecule has 0 aliphatic carbocycles. The van der Waals surface area contributed by atoms with E-state index in [1.54, 1.807) is 14.2 Å². The summed E-state index contributed by atoms with van der Waals surface area (Å²) in [5, 5.41) is 0. The smallest absolute Gasteiger partial charge is 0.382 e. The van der Waals surface area contributed by atoms with Crippen molar-refractivity contribution in [3.05, 3.63) is 55.6 Å². The fourth-order valence-corrected chi connectivity index (χ4v) is 2.98. The van der Waals surface area contributed by atoms with Crippen molar-refractivity contribution < 1.29 is 9.47 Å². The van der Waals surface area contributed by atoms with Crippen molar-refractivity contribution in [1.82, 2.24) is 0 Å². The molecule has 0 aliphatic heterocycles. The number of rotatable bonds is 3. The Hall–Kier alpha value is 0.191. The molecular weight excluding hydrogens is 458 g/mol. The van der Waals surface area contributed by atoms with E-state index in [0.29, 0.717) is 13.2 Å². The van der Waals surface area contributed by atoms with Gasteiger partial charge in [-0.25, -0.2) is 0 Å². The van der Waals surface area contributed by atoms with Crippen molar-refractivity contribution in [2.24, 2.45) is 0 Å². The van der Waals surface area contributed by atoms with E-state index >= 15 is 0 Å². The summed E-state index contributed by atoms with van der Waals surface area (Å²) >= 11 is 0. The summed E-state index contributed by atoms with van der Waals surface area (Å²) in [5.74, 6) is 0. The minimum absolute atomic E-state index is 0. The molecule has 2 aromatic rings. The number of ether oxygens (including phenoxy) is 2. The maximum Gasteiger partial charge on any atom is 2.00 e. The second kappa shape index (κ2) is 14.2. The van der Waals surface area contributed by atoms with Crippen LogP contribution >= 0.6 is 0 Å². The Morgan fingerprint density at radius 2 is 0.704 bits per heavy atom. The Kier molecular flexibility index (Phi) is 15.5. The molecule has 0 saturated carbocycles. The standard InChI is InChI=1S/2C10H15.C4H10O2.Ba/c2*1-6-7(2)9(4)10(5)8(6)3;1-5-3-4-6-2;/h2*1-5H3;3-4H2,1-2H3;/q2*-1;;+2. The van der Waals surface area contributed by atoms with Crippen LogP contribution in [0.5, 0.6) is 0 Å². The third kappa shape index (κ3) is 8.22. The third-order valence-corrected chi connectivity index (χ3v) is 6.12. The Morgan fingerprint density at radius 3 is 0.778 bits per heavy atom. The molecule has 0 aliphatic rings. The Morgan fingerprint density at radius 1 is 0.519 bits per heavy atom. The topological polar surface area (TPSA) is 18.5 Å². The second-order valence-electron chi connectivity index (χ2n) is 7.24. The molecule has 0 aromatic heterocycles. The van der Waals surface area contributed by atoms with Gasteiger partial charge in [-0.15, -0.1) is 0 Å². The summed E-state index contributed by atoms with van der Waals surface area (Å²) in [6, 6.07) is 0. The van der Waals surface area contributed by atoms with Crippen LogP contribution in [0.1, 0.15) is 55.6 Å². The van der Waals surface area contributed by atoms with Crippen LogP contribution in [0.15, 0.2) is 0 Å². The van der Waals surface area contributed by atoms with Crippen molar-refractivity contribution in [2.45, 2.75) is 69.2 Å². The van der Waals surface area contributed by atoms with E-state index in [9.17, 15) is 0 Å². The van der Waals surface area contributed by atoms with Crippen molar-refractivity contribution in [3.63, 3.8) is 0 Å². The molecule has 2 aromatic carbocycles. The molecule has 3 heteroatoms. The van der Waals surface area contributed by atoms with Crippen LogP contribution in [-0.2, 0) is 9.47 Å². The fourth-order valence-electron chi connectivity index (χ4n) is 2.98. The predicted molar refractivity (Wildman–Crippen MR) is 121 cm³/mol. The van der Waals surface area contributed by atoms with Crippen LogP contribution in [0.2, 0.25) is 0 Å². The third-order valence-electron chi connectivity index (χ3n) is 6.12. The molecule has 0 spiro atoms. The van der Waals surface area contributed by atoms with Crippen LogP contribution < -0.4 is 0 Å². The van der Waals surface area contributed by atoms with E-state index in [0.717, 1.165) is 0 Å². The molecule has 0 N–H and O–H groups in total. The molecule has 0 atom stereocenters. The van der Waals surface area contributed by atoms with Gasteiger partial charge in [0.2, 0.25) is 0 Å². The first kappa shape index (κ1) is 29.4. The number of methoxy groups -OCH3 is 2. The molecule has 2 rings (SSSR count). The van der Waals surface area contributed by atoms with Gasteiger partial charge in [0.1, 0.15) is 0 Å². The summed E-state index contributed by atoms with van der Waals surface area (Å²) in [5.41, 5.74) is 14.7. The maximum atomic E-state index is 4.66. The van der Waals surface area contributed by atoms with Gasteiger partial charge in [-0.3, -0.25) is 0 Å². The zero-order valence-electron chi connectivity index (χ0n) is 19.9. The van der Waals surface area contributed by atoms with Crippen molar-refractivity contribution >= 4 is 48.9 Å². The van der Waals surface area contributed by atoms with Crippen LogP contribution in [0, 0.1) is 69.2 Å². The number of hydrogen-bond donors (Lipinski definition) is 0. The molecular formula is C24H40BaO2. The van der Waals surface area contributed by atoms with Gasteiger partial charge in [0.05, 0.1) is 13.2 Å². The zero-order chi connectivity index (χ0) is 20.6. The van der Waals surface area contributed by atoms with Gasteiger partial charge in [0.25, 0.3) is 0 Å². The summed E-state index contributed by atoms with van der Waals surface area (Å²) in [4.78, 5) is 0. The summed E-state index contributed by atoms with van der Waals surface area (Å²) in [7, 11) is 3.30. The predicted octanol–water partition coefficient (Wildman–Crippen LogP) is 5.79. The van der Waals surface area contributed by atoms with E-state index in [1.165, 1.54) is 55.6 Å². The van der Waals surface area contributed by atoms with Gasteiger partial charge >= 0.3 is 48.9 Å². The van der Waals surface area contributed by atoms with E-state index in [2.05, 4.69) is 78.7 Å². The average Bonchev–Trinajstić information content (AvgIpc) is 2.91. The van der Waals surface area contributed by atoms with Gasteiger partial charge in [0.15, 0.2) is 0 Å². The Labute approximate surface area is 208 Å². The van der Waals surface area contributed by atoms with Crippen LogP contribution in [-0.4, -0.2) is 76.3 Å².